The van der Waals surface area contributed by atoms with Crippen molar-refractivity contribution in [3.05, 3.63) is 29.6 Å². The summed E-state index contributed by atoms with van der Waals surface area (Å²) in [7, 11) is 0. The minimum atomic E-state index is -0.229. The van der Waals surface area contributed by atoms with Crippen molar-refractivity contribution in [3.63, 3.8) is 0 Å². The smallest absolute Gasteiger partial charge is 0.226 e. The summed E-state index contributed by atoms with van der Waals surface area (Å²) in [6, 6.07) is 4.83. The average molecular weight is 237 g/mol. The van der Waals surface area contributed by atoms with Gasteiger partial charge in [-0.25, -0.2) is 4.39 Å². The largest absolute Gasteiger partial charge is 0.312 e. The molecule has 1 aromatic carbocycles. The highest BCUT2D eigenvalue weighted by Gasteiger charge is 2.14. The predicted octanol–water partition coefficient (Wildman–Crippen LogP) is 3.68. The fourth-order valence-corrected chi connectivity index (χ4v) is 1.77. The molecule has 0 heterocycles. The first-order valence-electron chi connectivity index (χ1n) is 6.16. The molecule has 0 saturated carbocycles. The Balaban J connectivity index is 2.96. The zero-order chi connectivity index (χ0) is 12.8. The molecular weight excluding hydrogens is 217 g/mol. The number of rotatable bonds is 5. The standard InChI is InChI=1S/C14H20FNO/c1-4-6-14(17)16(9-5-2)12-7-8-13(15)11(3)10-12/h7-8,10H,4-6,9H2,1-3H3. The fraction of sp³-hybridized carbons (Fsp3) is 0.500. The molecule has 0 spiro atoms. The number of aryl methyl sites for hydroxylation is 1. The van der Waals surface area contributed by atoms with E-state index < -0.39 is 0 Å². The normalized spacial score (nSPS) is 10.4. The molecule has 0 aliphatic carbocycles. The molecule has 0 aliphatic heterocycles. The van der Waals surface area contributed by atoms with Gasteiger partial charge in [-0.15, -0.1) is 0 Å². The van der Waals surface area contributed by atoms with Crippen LogP contribution in [0.3, 0.4) is 0 Å². The number of benzene rings is 1. The van der Waals surface area contributed by atoms with E-state index in [-0.39, 0.29) is 11.7 Å². The van der Waals surface area contributed by atoms with E-state index in [4.69, 9.17) is 0 Å². The molecule has 0 saturated heterocycles. The molecule has 0 aromatic heterocycles. The molecule has 1 rings (SSSR count). The topological polar surface area (TPSA) is 20.3 Å². The van der Waals surface area contributed by atoms with Gasteiger partial charge in [0.05, 0.1) is 0 Å². The summed E-state index contributed by atoms with van der Waals surface area (Å²) in [5.41, 5.74) is 1.37. The molecule has 0 unspecified atom stereocenters. The van der Waals surface area contributed by atoms with Crippen LogP contribution >= 0.6 is 0 Å². The maximum atomic E-state index is 13.2. The van der Waals surface area contributed by atoms with Crippen LogP contribution in [0, 0.1) is 12.7 Å². The van der Waals surface area contributed by atoms with Crippen LogP contribution in [0.5, 0.6) is 0 Å². The first kappa shape index (κ1) is 13.7. The van der Waals surface area contributed by atoms with Crippen LogP contribution in [0.25, 0.3) is 0 Å². The lowest BCUT2D eigenvalue weighted by atomic mass is 10.1. The molecule has 0 bridgehead atoms. The Labute approximate surface area is 102 Å². The van der Waals surface area contributed by atoms with Gasteiger partial charge in [0.25, 0.3) is 0 Å². The van der Waals surface area contributed by atoms with Gasteiger partial charge < -0.3 is 4.90 Å². The lowest BCUT2D eigenvalue weighted by Crippen LogP contribution is -2.31. The molecule has 1 amide bonds. The monoisotopic (exact) mass is 237 g/mol. The van der Waals surface area contributed by atoms with E-state index in [0.717, 1.165) is 18.5 Å². The van der Waals surface area contributed by atoms with Crippen molar-refractivity contribution in [1.29, 1.82) is 0 Å². The molecule has 3 heteroatoms. The summed E-state index contributed by atoms with van der Waals surface area (Å²) in [6.45, 7) is 6.41. The van der Waals surface area contributed by atoms with Gasteiger partial charge in [-0.2, -0.15) is 0 Å². The minimum Gasteiger partial charge on any atom is -0.312 e. The lowest BCUT2D eigenvalue weighted by Gasteiger charge is -2.22. The van der Waals surface area contributed by atoms with Gasteiger partial charge >= 0.3 is 0 Å². The number of hydrogen-bond donors (Lipinski definition) is 0. The first-order valence-corrected chi connectivity index (χ1v) is 6.16. The van der Waals surface area contributed by atoms with Gasteiger partial charge in [0.1, 0.15) is 5.82 Å². The molecule has 0 atom stereocenters. The summed E-state index contributed by atoms with van der Waals surface area (Å²) < 4.78 is 13.2. The Morgan fingerprint density at radius 3 is 2.53 bits per heavy atom. The third-order valence-electron chi connectivity index (χ3n) is 2.67. The van der Waals surface area contributed by atoms with Gasteiger partial charge in [-0.05, 0) is 43.5 Å². The number of hydrogen-bond acceptors (Lipinski definition) is 1. The molecule has 1 aromatic rings. The molecule has 17 heavy (non-hydrogen) atoms. The third-order valence-corrected chi connectivity index (χ3v) is 2.67. The van der Waals surface area contributed by atoms with Crippen LogP contribution in [-0.2, 0) is 4.79 Å². The van der Waals surface area contributed by atoms with Crippen molar-refractivity contribution in [2.24, 2.45) is 0 Å². The van der Waals surface area contributed by atoms with Crippen LogP contribution < -0.4 is 4.90 Å². The Morgan fingerprint density at radius 1 is 1.29 bits per heavy atom. The molecule has 2 nitrogen and oxygen atoms in total. The second kappa shape index (κ2) is 6.38. The van der Waals surface area contributed by atoms with Crippen LogP contribution in [-0.4, -0.2) is 12.5 Å². The van der Waals surface area contributed by atoms with Crippen LogP contribution in [0.4, 0.5) is 10.1 Å². The predicted molar refractivity (Wildman–Crippen MR) is 68.7 cm³/mol. The molecule has 94 valence electrons. The molecule has 0 N–H and O–H groups in total. The van der Waals surface area contributed by atoms with Crippen molar-refractivity contribution in [3.8, 4) is 0 Å². The van der Waals surface area contributed by atoms with E-state index in [9.17, 15) is 9.18 Å². The highest BCUT2D eigenvalue weighted by molar-refractivity contribution is 5.93. The van der Waals surface area contributed by atoms with E-state index in [1.54, 1.807) is 24.0 Å². The van der Waals surface area contributed by atoms with Gasteiger partial charge in [-0.3, -0.25) is 4.79 Å². The molecule has 0 aliphatic rings. The van der Waals surface area contributed by atoms with E-state index in [2.05, 4.69) is 0 Å². The highest BCUT2D eigenvalue weighted by atomic mass is 19.1. The SMILES string of the molecule is CCCC(=O)N(CCC)c1ccc(F)c(C)c1. The van der Waals surface area contributed by atoms with Crippen molar-refractivity contribution in [2.45, 2.75) is 40.0 Å². The number of nitrogens with zero attached hydrogens (tertiary/aromatic N) is 1. The zero-order valence-electron chi connectivity index (χ0n) is 10.8. The van der Waals surface area contributed by atoms with Crippen molar-refractivity contribution >= 4 is 11.6 Å². The molecule has 0 radical (unpaired) electrons. The summed E-state index contributed by atoms with van der Waals surface area (Å²) >= 11 is 0. The fourth-order valence-electron chi connectivity index (χ4n) is 1.77. The Bertz CT molecular complexity index is 390. The maximum absolute atomic E-state index is 13.2. The zero-order valence-corrected chi connectivity index (χ0v) is 10.8. The van der Waals surface area contributed by atoms with E-state index in [1.165, 1.54) is 6.07 Å². The Morgan fingerprint density at radius 2 is 2.00 bits per heavy atom. The number of carbonyl (C=O) groups excluding carboxylic acids is 1. The number of amides is 1. The maximum Gasteiger partial charge on any atom is 0.226 e. The van der Waals surface area contributed by atoms with E-state index in [1.807, 2.05) is 13.8 Å². The van der Waals surface area contributed by atoms with Gasteiger partial charge in [0.2, 0.25) is 5.91 Å². The quantitative estimate of drug-likeness (QED) is 0.765. The Kier molecular flexibility index (Phi) is 5.13. The van der Waals surface area contributed by atoms with Crippen molar-refractivity contribution in [2.75, 3.05) is 11.4 Å². The van der Waals surface area contributed by atoms with Crippen molar-refractivity contribution in [1.82, 2.24) is 0 Å². The summed E-state index contributed by atoms with van der Waals surface area (Å²) in [6.07, 6.45) is 2.27. The second-order valence-electron chi connectivity index (χ2n) is 4.23. The molecular formula is C14H20FNO. The lowest BCUT2D eigenvalue weighted by molar-refractivity contribution is -0.118. The number of halogens is 1. The van der Waals surface area contributed by atoms with Crippen molar-refractivity contribution < 1.29 is 9.18 Å². The van der Waals surface area contributed by atoms with E-state index >= 15 is 0 Å². The Hall–Kier alpha value is -1.38. The van der Waals surface area contributed by atoms with Crippen LogP contribution in [0.15, 0.2) is 18.2 Å². The highest BCUT2D eigenvalue weighted by Crippen LogP contribution is 2.19. The van der Waals surface area contributed by atoms with Gasteiger partial charge in [-0.1, -0.05) is 13.8 Å². The summed E-state index contributed by atoms with van der Waals surface area (Å²) in [5.74, 6) is -0.117. The second-order valence-corrected chi connectivity index (χ2v) is 4.23. The average Bonchev–Trinajstić information content (AvgIpc) is 2.30. The number of anilines is 1. The summed E-state index contributed by atoms with van der Waals surface area (Å²) in [5, 5.41) is 0. The van der Waals surface area contributed by atoms with Gasteiger partial charge in [0.15, 0.2) is 0 Å². The van der Waals surface area contributed by atoms with E-state index in [0.29, 0.717) is 18.5 Å². The van der Waals surface area contributed by atoms with Crippen LogP contribution in [0.2, 0.25) is 0 Å². The van der Waals surface area contributed by atoms with Gasteiger partial charge in [0, 0.05) is 18.7 Å². The minimum absolute atomic E-state index is 0.111. The van der Waals surface area contributed by atoms with Crippen LogP contribution in [0.1, 0.15) is 38.7 Å². The number of carbonyl (C=O) groups is 1. The third kappa shape index (κ3) is 3.55. The molecule has 0 fully saturated rings. The first-order chi connectivity index (χ1) is 8.10. The summed E-state index contributed by atoms with van der Waals surface area (Å²) in [4.78, 5) is 13.7.